The maximum Gasteiger partial charge on any atom is 0.226 e. The van der Waals surface area contributed by atoms with E-state index in [9.17, 15) is 4.79 Å². The number of carbonyl (C=O) groups excluding carboxylic acids is 1. The third kappa shape index (κ3) is 3.79. The number of ether oxygens (including phenoxy) is 1. The summed E-state index contributed by atoms with van der Waals surface area (Å²) in [7, 11) is 2.06. The molecule has 0 spiro atoms. The summed E-state index contributed by atoms with van der Waals surface area (Å²) in [6.45, 7) is 5.50. The highest BCUT2D eigenvalue weighted by molar-refractivity contribution is 5.80. The van der Waals surface area contributed by atoms with Crippen molar-refractivity contribution in [3.05, 3.63) is 54.1 Å². The van der Waals surface area contributed by atoms with E-state index in [0.29, 0.717) is 31.0 Å². The molecule has 1 aromatic heterocycles. The van der Waals surface area contributed by atoms with Crippen LogP contribution in [0.4, 0.5) is 0 Å². The molecule has 160 valence electrons. The second kappa shape index (κ2) is 8.52. The molecule has 2 aromatic rings. The van der Waals surface area contributed by atoms with Gasteiger partial charge in [-0.3, -0.25) is 4.79 Å². The number of amides is 1. The Morgan fingerprint density at radius 3 is 2.67 bits per heavy atom. The minimum atomic E-state index is 0.128. The molecule has 3 fully saturated rings. The molecule has 1 aromatic carbocycles. The molecule has 1 amide bonds. The fourth-order valence-electron chi connectivity index (χ4n) is 5.70. The zero-order valence-corrected chi connectivity index (χ0v) is 17.8. The van der Waals surface area contributed by atoms with Crippen LogP contribution in [0.2, 0.25) is 0 Å². The van der Waals surface area contributed by atoms with Crippen molar-refractivity contribution in [1.29, 1.82) is 0 Å². The molecule has 0 aliphatic carbocycles. The van der Waals surface area contributed by atoms with Gasteiger partial charge >= 0.3 is 0 Å². The van der Waals surface area contributed by atoms with E-state index in [2.05, 4.69) is 56.7 Å². The molecule has 3 saturated heterocycles. The molecular formula is C24H32N4O2. The minimum absolute atomic E-state index is 0.128. The van der Waals surface area contributed by atoms with Crippen molar-refractivity contribution < 1.29 is 9.53 Å². The fraction of sp³-hybridized carbons (Fsp3) is 0.583. The summed E-state index contributed by atoms with van der Waals surface area (Å²) in [6, 6.07) is 10.9. The van der Waals surface area contributed by atoms with E-state index < -0.39 is 0 Å². The number of hydrogen-bond donors (Lipinski definition) is 0. The van der Waals surface area contributed by atoms with Crippen LogP contribution in [0.15, 0.2) is 42.7 Å². The Hall–Kier alpha value is -2.18. The molecule has 0 radical (unpaired) electrons. The summed E-state index contributed by atoms with van der Waals surface area (Å²) in [5, 5.41) is 0. The molecule has 0 unspecified atom stereocenters. The van der Waals surface area contributed by atoms with Gasteiger partial charge in [0.25, 0.3) is 0 Å². The maximum absolute atomic E-state index is 13.5. The van der Waals surface area contributed by atoms with Crippen LogP contribution >= 0.6 is 0 Å². The number of benzene rings is 1. The Balaban J connectivity index is 1.31. The molecule has 3 aliphatic heterocycles. The van der Waals surface area contributed by atoms with Gasteiger partial charge in [0.05, 0.1) is 6.04 Å². The number of nitrogens with zero attached hydrogens (tertiary/aromatic N) is 4. The lowest BCUT2D eigenvalue weighted by Gasteiger charge is -2.33. The SMILES string of the molecule is Cn1ccnc1CCN1C[C@H]2CN(C(=O)C3CCOCC3)[C@H](c3ccccc3)[C@H]2C1. The van der Waals surface area contributed by atoms with Gasteiger partial charge < -0.3 is 19.1 Å². The first-order chi connectivity index (χ1) is 14.7. The predicted octanol–water partition coefficient (Wildman–Crippen LogP) is 2.52. The van der Waals surface area contributed by atoms with Crippen molar-refractivity contribution in [1.82, 2.24) is 19.4 Å². The summed E-state index contributed by atoms with van der Waals surface area (Å²) in [4.78, 5) is 22.7. The molecule has 3 atom stereocenters. The van der Waals surface area contributed by atoms with Crippen molar-refractivity contribution >= 4 is 5.91 Å². The zero-order chi connectivity index (χ0) is 20.5. The fourth-order valence-corrected chi connectivity index (χ4v) is 5.70. The Kier molecular flexibility index (Phi) is 5.61. The molecule has 4 heterocycles. The van der Waals surface area contributed by atoms with E-state index in [0.717, 1.165) is 51.3 Å². The number of aryl methyl sites for hydroxylation is 1. The van der Waals surface area contributed by atoms with Gasteiger partial charge in [0.2, 0.25) is 5.91 Å². The van der Waals surface area contributed by atoms with Crippen LogP contribution in [0.25, 0.3) is 0 Å². The number of fused-ring (bicyclic) bond motifs is 1. The second-order valence-electron chi connectivity index (χ2n) is 9.12. The zero-order valence-electron chi connectivity index (χ0n) is 17.8. The highest BCUT2D eigenvalue weighted by Gasteiger charge is 2.49. The van der Waals surface area contributed by atoms with Crippen molar-refractivity contribution in [2.45, 2.75) is 25.3 Å². The minimum Gasteiger partial charge on any atom is -0.381 e. The van der Waals surface area contributed by atoms with E-state index in [4.69, 9.17) is 4.74 Å². The summed E-state index contributed by atoms with van der Waals surface area (Å²) >= 11 is 0. The van der Waals surface area contributed by atoms with E-state index in [-0.39, 0.29) is 12.0 Å². The first-order valence-corrected chi connectivity index (χ1v) is 11.3. The molecule has 6 nitrogen and oxygen atoms in total. The molecule has 0 saturated carbocycles. The lowest BCUT2D eigenvalue weighted by atomic mass is 9.89. The van der Waals surface area contributed by atoms with Gasteiger partial charge in [0, 0.05) is 77.1 Å². The van der Waals surface area contributed by atoms with Crippen LogP contribution in [0.3, 0.4) is 0 Å². The standard InChI is InChI=1S/C24H32N4O2/c1-26-12-10-25-22(26)7-11-27-15-20-16-28(24(29)19-8-13-30-14-9-19)23(21(20)17-27)18-5-3-2-4-6-18/h2-6,10,12,19-21,23H,7-9,11,13-17H2,1H3/t20-,21-,23+/m0/s1. The summed E-state index contributed by atoms with van der Waals surface area (Å²) < 4.78 is 7.60. The Bertz CT molecular complexity index is 861. The first kappa shape index (κ1) is 19.8. The van der Waals surface area contributed by atoms with E-state index >= 15 is 0 Å². The third-order valence-corrected chi connectivity index (χ3v) is 7.31. The summed E-state index contributed by atoms with van der Waals surface area (Å²) in [6.07, 6.45) is 6.59. The van der Waals surface area contributed by atoms with Crippen LogP contribution in [-0.2, 0) is 23.0 Å². The van der Waals surface area contributed by atoms with Gasteiger partial charge in [-0.2, -0.15) is 0 Å². The van der Waals surface area contributed by atoms with E-state index in [1.807, 2.05) is 12.4 Å². The average Bonchev–Trinajstić information content (AvgIpc) is 3.47. The van der Waals surface area contributed by atoms with Gasteiger partial charge in [-0.15, -0.1) is 0 Å². The van der Waals surface area contributed by atoms with Crippen LogP contribution in [-0.4, -0.2) is 64.7 Å². The van der Waals surface area contributed by atoms with Crippen molar-refractivity contribution in [3.63, 3.8) is 0 Å². The van der Waals surface area contributed by atoms with Gasteiger partial charge in [0.15, 0.2) is 0 Å². The monoisotopic (exact) mass is 408 g/mol. The smallest absolute Gasteiger partial charge is 0.226 e. The summed E-state index contributed by atoms with van der Waals surface area (Å²) in [5.41, 5.74) is 1.29. The molecule has 6 heteroatoms. The molecule has 3 aliphatic rings. The van der Waals surface area contributed by atoms with Gasteiger partial charge in [-0.1, -0.05) is 30.3 Å². The van der Waals surface area contributed by atoms with Gasteiger partial charge in [-0.05, 0) is 24.3 Å². The number of carbonyl (C=O) groups is 1. The number of likely N-dealkylation sites (tertiary alicyclic amines) is 2. The van der Waals surface area contributed by atoms with Gasteiger partial charge in [-0.25, -0.2) is 4.98 Å². The Labute approximate surface area is 178 Å². The predicted molar refractivity (Wildman–Crippen MR) is 115 cm³/mol. The highest BCUT2D eigenvalue weighted by Crippen LogP contribution is 2.45. The Morgan fingerprint density at radius 2 is 1.93 bits per heavy atom. The van der Waals surface area contributed by atoms with Crippen molar-refractivity contribution in [3.8, 4) is 0 Å². The molecule has 0 N–H and O–H groups in total. The maximum atomic E-state index is 13.5. The van der Waals surface area contributed by atoms with Crippen molar-refractivity contribution in [2.75, 3.05) is 39.4 Å². The normalized spacial score (nSPS) is 27.5. The largest absolute Gasteiger partial charge is 0.381 e. The lowest BCUT2D eigenvalue weighted by molar-refractivity contribution is -0.140. The molecular weight excluding hydrogens is 376 g/mol. The van der Waals surface area contributed by atoms with Gasteiger partial charge in [0.1, 0.15) is 5.82 Å². The molecule has 5 rings (SSSR count). The Morgan fingerprint density at radius 1 is 1.13 bits per heavy atom. The van der Waals surface area contributed by atoms with E-state index in [1.54, 1.807) is 0 Å². The van der Waals surface area contributed by atoms with Crippen molar-refractivity contribution in [2.24, 2.45) is 24.8 Å². The van der Waals surface area contributed by atoms with Crippen LogP contribution in [0.1, 0.15) is 30.3 Å². The molecule has 0 bridgehead atoms. The highest BCUT2D eigenvalue weighted by atomic mass is 16.5. The lowest BCUT2D eigenvalue weighted by Crippen LogP contribution is -2.41. The number of hydrogen-bond acceptors (Lipinski definition) is 4. The quantitative estimate of drug-likeness (QED) is 0.763. The average molecular weight is 409 g/mol. The van der Waals surface area contributed by atoms with Crippen LogP contribution in [0, 0.1) is 17.8 Å². The number of imidazole rings is 1. The van der Waals surface area contributed by atoms with Crippen LogP contribution < -0.4 is 0 Å². The molecule has 30 heavy (non-hydrogen) atoms. The number of rotatable bonds is 5. The van der Waals surface area contributed by atoms with E-state index in [1.165, 1.54) is 5.56 Å². The topological polar surface area (TPSA) is 50.6 Å². The van der Waals surface area contributed by atoms with Crippen LogP contribution in [0.5, 0.6) is 0 Å². The number of aromatic nitrogens is 2. The summed E-state index contributed by atoms with van der Waals surface area (Å²) in [5.74, 6) is 2.69. The third-order valence-electron chi connectivity index (χ3n) is 7.31. The second-order valence-corrected chi connectivity index (χ2v) is 9.12. The first-order valence-electron chi connectivity index (χ1n) is 11.3.